The van der Waals surface area contributed by atoms with Gasteiger partial charge in [0.05, 0.1) is 3.79 Å². The fourth-order valence-corrected chi connectivity index (χ4v) is 2.57. The monoisotopic (exact) mass is 297 g/mol. The molecule has 0 atom stereocenters. The van der Waals surface area contributed by atoms with Gasteiger partial charge in [-0.15, -0.1) is 11.3 Å². The molecule has 0 bridgehead atoms. The van der Waals surface area contributed by atoms with Gasteiger partial charge in [0.2, 0.25) is 0 Å². The van der Waals surface area contributed by atoms with Crippen molar-refractivity contribution in [3.8, 4) is 5.75 Å². The molecule has 0 unspecified atom stereocenters. The van der Waals surface area contributed by atoms with Crippen LogP contribution >= 0.6 is 27.3 Å². The van der Waals surface area contributed by atoms with Crippen LogP contribution in [0, 0.1) is 6.92 Å². The van der Waals surface area contributed by atoms with Crippen LogP contribution in [0.1, 0.15) is 11.1 Å². The highest BCUT2D eigenvalue weighted by Crippen LogP contribution is 2.23. The first kappa shape index (κ1) is 11.5. The standard InChI is InChI=1S/C12H12BrNOS/c1-8-2-3-10(5-11(8)15)14-6-9-4-12(13)16-7-9/h2-5,7,14-15H,6H2,1H3. The van der Waals surface area contributed by atoms with Gasteiger partial charge in [-0.1, -0.05) is 6.07 Å². The molecule has 1 heterocycles. The summed E-state index contributed by atoms with van der Waals surface area (Å²) in [6.45, 7) is 2.65. The third kappa shape index (κ3) is 2.77. The fourth-order valence-electron chi connectivity index (χ4n) is 1.36. The summed E-state index contributed by atoms with van der Waals surface area (Å²) in [5.41, 5.74) is 3.06. The van der Waals surface area contributed by atoms with Crippen LogP contribution < -0.4 is 5.32 Å². The third-order valence-electron chi connectivity index (χ3n) is 2.33. The zero-order chi connectivity index (χ0) is 11.5. The molecule has 0 fully saturated rings. The van der Waals surface area contributed by atoms with Gasteiger partial charge < -0.3 is 10.4 Å². The van der Waals surface area contributed by atoms with Gasteiger partial charge in [0.25, 0.3) is 0 Å². The van der Waals surface area contributed by atoms with E-state index in [1.165, 1.54) is 5.56 Å². The molecular formula is C12H12BrNOS. The van der Waals surface area contributed by atoms with Crippen molar-refractivity contribution in [1.82, 2.24) is 0 Å². The van der Waals surface area contributed by atoms with Crippen LogP contribution in [0.5, 0.6) is 5.75 Å². The first-order valence-corrected chi connectivity index (χ1v) is 6.59. The van der Waals surface area contributed by atoms with Crippen molar-refractivity contribution in [1.29, 1.82) is 0 Å². The Morgan fingerprint density at radius 2 is 2.19 bits per heavy atom. The molecule has 0 aliphatic carbocycles. The minimum Gasteiger partial charge on any atom is -0.508 e. The largest absolute Gasteiger partial charge is 0.508 e. The molecule has 2 aromatic rings. The number of rotatable bonds is 3. The Morgan fingerprint density at radius 1 is 1.38 bits per heavy atom. The fraction of sp³-hybridized carbons (Fsp3) is 0.167. The first-order valence-electron chi connectivity index (χ1n) is 4.91. The van der Waals surface area contributed by atoms with Crippen LogP contribution in [-0.4, -0.2) is 5.11 Å². The normalized spacial score (nSPS) is 10.4. The molecule has 84 valence electrons. The average Bonchev–Trinajstić information content (AvgIpc) is 2.66. The molecule has 2 rings (SSSR count). The molecular weight excluding hydrogens is 286 g/mol. The van der Waals surface area contributed by atoms with E-state index in [1.54, 1.807) is 17.4 Å². The van der Waals surface area contributed by atoms with Crippen LogP contribution in [-0.2, 0) is 6.54 Å². The van der Waals surface area contributed by atoms with Gasteiger partial charge in [-0.3, -0.25) is 0 Å². The summed E-state index contributed by atoms with van der Waals surface area (Å²) in [6.07, 6.45) is 0. The van der Waals surface area contributed by atoms with Gasteiger partial charge in [0.1, 0.15) is 5.75 Å². The van der Waals surface area contributed by atoms with Crippen molar-refractivity contribution >= 4 is 33.0 Å². The van der Waals surface area contributed by atoms with Crippen molar-refractivity contribution in [2.75, 3.05) is 5.32 Å². The number of benzene rings is 1. The molecule has 0 radical (unpaired) electrons. The molecule has 0 saturated carbocycles. The predicted molar refractivity (Wildman–Crippen MR) is 72.2 cm³/mol. The number of phenolic OH excluding ortho intramolecular Hbond substituents is 1. The number of aryl methyl sites for hydroxylation is 1. The zero-order valence-electron chi connectivity index (χ0n) is 8.83. The Balaban J connectivity index is 2.02. The summed E-state index contributed by atoms with van der Waals surface area (Å²) in [6, 6.07) is 7.71. The van der Waals surface area contributed by atoms with Gasteiger partial charge in [-0.2, -0.15) is 0 Å². The highest BCUT2D eigenvalue weighted by atomic mass is 79.9. The Hall–Kier alpha value is -1.00. The molecule has 0 aliphatic heterocycles. The first-order chi connectivity index (χ1) is 7.65. The van der Waals surface area contributed by atoms with Gasteiger partial charge in [0, 0.05) is 18.3 Å². The van der Waals surface area contributed by atoms with E-state index in [0.717, 1.165) is 21.6 Å². The smallest absolute Gasteiger partial charge is 0.120 e. The highest BCUT2D eigenvalue weighted by molar-refractivity contribution is 9.11. The van der Waals surface area contributed by atoms with E-state index in [1.807, 2.05) is 19.1 Å². The lowest BCUT2D eigenvalue weighted by Gasteiger charge is -2.06. The molecule has 0 amide bonds. The summed E-state index contributed by atoms with van der Waals surface area (Å²) in [4.78, 5) is 0. The quantitative estimate of drug-likeness (QED) is 0.892. The van der Waals surface area contributed by atoms with E-state index < -0.39 is 0 Å². The van der Waals surface area contributed by atoms with E-state index in [-0.39, 0.29) is 0 Å². The number of hydrogen-bond acceptors (Lipinski definition) is 3. The molecule has 2 N–H and O–H groups in total. The minimum atomic E-state index is 0.330. The van der Waals surface area contributed by atoms with Gasteiger partial charge in [-0.25, -0.2) is 0 Å². The van der Waals surface area contributed by atoms with E-state index >= 15 is 0 Å². The van der Waals surface area contributed by atoms with Gasteiger partial charge >= 0.3 is 0 Å². The molecule has 1 aromatic carbocycles. The zero-order valence-corrected chi connectivity index (χ0v) is 11.2. The van der Waals surface area contributed by atoms with Gasteiger partial charge in [-0.05, 0) is 51.5 Å². The lowest BCUT2D eigenvalue weighted by Crippen LogP contribution is -1.97. The van der Waals surface area contributed by atoms with Crippen molar-refractivity contribution < 1.29 is 5.11 Å². The number of anilines is 1. The summed E-state index contributed by atoms with van der Waals surface area (Å²) < 4.78 is 1.14. The Morgan fingerprint density at radius 3 is 2.81 bits per heavy atom. The molecule has 16 heavy (non-hydrogen) atoms. The van der Waals surface area contributed by atoms with Crippen molar-refractivity contribution in [2.24, 2.45) is 0 Å². The second-order valence-corrected chi connectivity index (χ2v) is 5.90. The Kier molecular flexibility index (Phi) is 3.51. The molecule has 2 nitrogen and oxygen atoms in total. The molecule has 0 saturated heterocycles. The van der Waals surface area contributed by atoms with E-state index in [9.17, 15) is 5.11 Å². The molecule has 4 heteroatoms. The minimum absolute atomic E-state index is 0.330. The van der Waals surface area contributed by atoms with E-state index in [4.69, 9.17) is 0 Å². The summed E-state index contributed by atoms with van der Waals surface area (Å²) in [5.74, 6) is 0.330. The molecule has 0 aliphatic rings. The molecule has 0 spiro atoms. The molecule has 1 aromatic heterocycles. The summed E-state index contributed by atoms with van der Waals surface area (Å²) >= 11 is 5.10. The Labute approximate surface area is 107 Å². The number of thiophene rings is 1. The summed E-state index contributed by atoms with van der Waals surface area (Å²) in [7, 11) is 0. The van der Waals surface area contributed by atoms with Crippen molar-refractivity contribution in [2.45, 2.75) is 13.5 Å². The second kappa shape index (κ2) is 4.89. The van der Waals surface area contributed by atoms with Crippen LogP contribution in [0.25, 0.3) is 0 Å². The topological polar surface area (TPSA) is 32.3 Å². The lowest BCUT2D eigenvalue weighted by molar-refractivity contribution is 0.471. The van der Waals surface area contributed by atoms with Gasteiger partial charge in [0.15, 0.2) is 0 Å². The SMILES string of the molecule is Cc1ccc(NCc2csc(Br)c2)cc1O. The number of phenols is 1. The summed E-state index contributed by atoms with van der Waals surface area (Å²) in [5, 5.41) is 14.9. The number of halogens is 1. The maximum Gasteiger partial charge on any atom is 0.120 e. The van der Waals surface area contributed by atoms with Crippen LogP contribution in [0.4, 0.5) is 5.69 Å². The maximum atomic E-state index is 9.56. The van der Waals surface area contributed by atoms with Crippen LogP contribution in [0.3, 0.4) is 0 Å². The number of nitrogens with one attached hydrogen (secondary N) is 1. The van der Waals surface area contributed by atoms with Crippen LogP contribution in [0.15, 0.2) is 33.4 Å². The number of hydrogen-bond donors (Lipinski definition) is 2. The van der Waals surface area contributed by atoms with E-state index in [2.05, 4.69) is 32.7 Å². The predicted octanol–water partition coefficient (Wildman–Crippen LogP) is 4.14. The van der Waals surface area contributed by atoms with Crippen LogP contribution in [0.2, 0.25) is 0 Å². The number of aromatic hydroxyl groups is 1. The third-order valence-corrected chi connectivity index (χ3v) is 3.88. The average molecular weight is 298 g/mol. The second-order valence-electron chi connectivity index (χ2n) is 3.61. The Bertz CT molecular complexity index is 496. The lowest BCUT2D eigenvalue weighted by atomic mass is 10.2. The highest BCUT2D eigenvalue weighted by Gasteiger charge is 2.00. The van der Waals surface area contributed by atoms with E-state index in [0.29, 0.717) is 5.75 Å². The van der Waals surface area contributed by atoms with Crippen molar-refractivity contribution in [3.63, 3.8) is 0 Å². The maximum absolute atomic E-state index is 9.56. The van der Waals surface area contributed by atoms with Crippen molar-refractivity contribution in [3.05, 3.63) is 44.6 Å².